The quantitative estimate of drug-likeness (QED) is 0.669. The predicted molar refractivity (Wildman–Crippen MR) is 48.5 cm³/mol. The Morgan fingerprint density at radius 3 is 2.69 bits per heavy atom. The Bertz CT molecular complexity index is 121. The van der Waals surface area contributed by atoms with Gasteiger partial charge in [-0.25, -0.2) is 0 Å². The summed E-state index contributed by atoms with van der Waals surface area (Å²) in [7, 11) is 0. The van der Waals surface area contributed by atoms with Crippen LogP contribution in [0.15, 0.2) is 0 Å². The highest BCUT2D eigenvalue weighted by Crippen LogP contribution is 2.19. The summed E-state index contributed by atoms with van der Waals surface area (Å²) in [5.41, 5.74) is 0. The first-order valence-corrected chi connectivity index (χ1v) is 5.26. The highest BCUT2D eigenvalue weighted by molar-refractivity contribution is 4.67. The third kappa shape index (κ3) is 2.93. The zero-order chi connectivity index (χ0) is 8.93. The van der Waals surface area contributed by atoms with Gasteiger partial charge in [-0.1, -0.05) is 0 Å². The zero-order valence-electron chi connectivity index (χ0n) is 8.04. The van der Waals surface area contributed by atoms with Gasteiger partial charge in [-0.2, -0.15) is 0 Å². The van der Waals surface area contributed by atoms with Crippen LogP contribution in [0.3, 0.4) is 0 Å². The molecule has 2 aliphatic rings. The summed E-state index contributed by atoms with van der Waals surface area (Å²) < 4.78 is 16.0. The van der Waals surface area contributed by atoms with Gasteiger partial charge in [-0.05, 0) is 32.1 Å². The summed E-state index contributed by atoms with van der Waals surface area (Å²) in [6.07, 6.45) is 6.90. The molecule has 0 saturated carbocycles. The predicted octanol–water partition coefficient (Wildman–Crippen LogP) is 1.71. The van der Waals surface area contributed by atoms with E-state index in [9.17, 15) is 0 Å². The van der Waals surface area contributed by atoms with Crippen LogP contribution in [0.2, 0.25) is 0 Å². The standard InChI is InChI=1S/C10H18O3/c1(3-9-5-2-6-12-9)4-10-7-11-8-13-10/h9-10H,1-8H2. The molecule has 2 rings (SSSR count). The number of rotatable bonds is 4. The maximum atomic E-state index is 5.55. The topological polar surface area (TPSA) is 27.7 Å². The molecule has 0 amide bonds. The SMILES string of the molecule is C1COC(CCCC2COCO2)C1. The van der Waals surface area contributed by atoms with Crippen molar-refractivity contribution >= 4 is 0 Å². The molecule has 0 aromatic rings. The lowest BCUT2D eigenvalue weighted by Gasteiger charge is -2.10. The Hall–Kier alpha value is -0.120. The van der Waals surface area contributed by atoms with E-state index in [1.807, 2.05) is 0 Å². The lowest BCUT2D eigenvalue weighted by atomic mass is 10.1. The molecular formula is C10H18O3. The summed E-state index contributed by atoms with van der Waals surface area (Å²) >= 11 is 0. The maximum Gasteiger partial charge on any atom is 0.147 e. The molecule has 13 heavy (non-hydrogen) atoms. The van der Waals surface area contributed by atoms with Crippen LogP contribution in [0, 0.1) is 0 Å². The van der Waals surface area contributed by atoms with E-state index in [2.05, 4.69) is 0 Å². The largest absolute Gasteiger partial charge is 0.378 e. The zero-order valence-corrected chi connectivity index (χ0v) is 8.04. The molecule has 3 heteroatoms. The van der Waals surface area contributed by atoms with Crippen molar-refractivity contribution in [1.82, 2.24) is 0 Å². The molecule has 0 bridgehead atoms. The highest BCUT2D eigenvalue weighted by Gasteiger charge is 2.18. The fourth-order valence-electron chi connectivity index (χ4n) is 1.98. The second-order valence-electron chi connectivity index (χ2n) is 3.84. The smallest absolute Gasteiger partial charge is 0.147 e. The number of hydrogen-bond donors (Lipinski definition) is 0. The second-order valence-corrected chi connectivity index (χ2v) is 3.84. The lowest BCUT2D eigenvalue weighted by Crippen LogP contribution is -2.11. The summed E-state index contributed by atoms with van der Waals surface area (Å²) in [6, 6.07) is 0. The monoisotopic (exact) mass is 186 g/mol. The lowest BCUT2D eigenvalue weighted by molar-refractivity contribution is 0.0418. The molecule has 0 radical (unpaired) electrons. The van der Waals surface area contributed by atoms with E-state index >= 15 is 0 Å². The van der Waals surface area contributed by atoms with Gasteiger partial charge in [0.15, 0.2) is 0 Å². The second kappa shape index (κ2) is 4.94. The maximum absolute atomic E-state index is 5.55. The van der Waals surface area contributed by atoms with Gasteiger partial charge in [0, 0.05) is 6.61 Å². The number of hydrogen-bond acceptors (Lipinski definition) is 3. The van der Waals surface area contributed by atoms with E-state index in [0.29, 0.717) is 19.0 Å². The van der Waals surface area contributed by atoms with Gasteiger partial charge in [0.1, 0.15) is 6.79 Å². The first-order valence-electron chi connectivity index (χ1n) is 5.26. The Balaban J connectivity index is 1.52. The van der Waals surface area contributed by atoms with E-state index in [1.54, 1.807) is 0 Å². The van der Waals surface area contributed by atoms with Crippen LogP contribution in [-0.2, 0) is 14.2 Å². The third-order valence-electron chi connectivity index (χ3n) is 2.77. The average Bonchev–Trinajstić information content (AvgIpc) is 2.75. The van der Waals surface area contributed by atoms with E-state index in [4.69, 9.17) is 14.2 Å². The summed E-state index contributed by atoms with van der Waals surface area (Å²) in [4.78, 5) is 0. The summed E-state index contributed by atoms with van der Waals surface area (Å²) in [5.74, 6) is 0. The molecule has 0 spiro atoms. The molecular weight excluding hydrogens is 168 g/mol. The van der Waals surface area contributed by atoms with Gasteiger partial charge >= 0.3 is 0 Å². The van der Waals surface area contributed by atoms with Crippen molar-refractivity contribution in [3.63, 3.8) is 0 Å². The minimum Gasteiger partial charge on any atom is -0.378 e. The highest BCUT2D eigenvalue weighted by atomic mass is 16.7. The Morgan fingerprint density at radius 1 is 1.08 bits per heavy atom. The van der Waals surface area contributed by atoms with E-state index in [1.165, 1.54) is 25.7 Å². The Kier molecular flexibility index (Phi) is 3.58. The molecule has 0 N–H and O–H groups in total. The van der Waals surface area contributed by atoms with Gasteiger partial charge in [0.2, 0.25) is 0 Å². The average molecular weight is 186 g/mol. The minimum absolute atomic E-state index is 0.349. The molecule has 2 saturated heterocycles. The summed E-state index contributed by atoms with van der Waals surface area (Å²) in [6.45, 7) is 2.24. The van der Waals surface area contributed by atoms with Gasteiger partial charge in [0.05, 0.1) is 18.8 Å². The molecule has 76 valence electrons. The van der Waals surface area contributed by atoms with Crippen molar-refractivity contribution in [2.45, 2.75) is 44.3 Å². The molecule has 2 unspecified atom stereocenters. The molecule has 2 aliphatic heterocycles. The van der Waals surface area contributed by atoms with Gasteiger partial charge in [-0.15, -0.1) is 0 Å². The third-order valence-corrected chi connectivity index (χ3v) is 2.77. The van der Waals surface area contributed by atoms with Gasteiger partial charge < -0.3 is 14.2 Å². The van der Waals surface area contributed by atoms with Crippen LogP contribution >= 0.6 is 0 Å². The Labute approximate surface area is 79.4 Å². The van der Waals surface area contributed by atoms with E-state index in [0.717, 1.165) is 19.6 Å². The summed E-state index contributed by atoms with van der Waals surface area (Å²) in [5, 5.41) is 0. The fraction of sp³-hybridized carbons (Fsp3) is 1.00. The minimum atomic E-state index is 0.349. The Morgan fingerprint density at radius 2 is 2.00 bits per heavy atom. The molecule has 2 atom stereocenters. The van der Waals surface area contributed by atoms with Crippen LogP contribution in [0.5, 0.6) is 0 Å². The van der Waals surface area contributed by atoms with Crippen molar-refractivity contribution in [1.29, 1.82) is 0 Å². The van der Waals surface area contributed by atoms with Crippen LogP contribution in [0.25, 0.3) is 0 Å². The van der Waals surface area contributed by atoms with Crippen molar-refractivity contribution in [2.24, 2.45) is 0 Å². The van der Waals surface area contributed by atoms with E-state index in [-0.39, 0.29) is 0 Å². The normalized spacial score (nSPS) is 34.2. The van der Waals surface area contributed by atoms with Crippen LogP contribution in [-0.4, -0.2) is 32.2 Å². The van der Waals surface area contributed by atoms with Crippen molar-refractivity contribution < 1.29 is 14.2 Å². The molecule has 2 heterocycles. The molecule has 0 aromatic heterocycles. The van der Waals surface area contributed by atoms with E-state index < -0.39 is 0 Å². The molecule has 0 aromatic carbocycles. The van der Waals surface area contributed by atoms with Gasteiger partial charge in [0.25, 0.3) is 0 Å². The van der Waals surface area contributed by atoms with Crippen molar-refractivity contribution in [3.05, 3.63) is 0 Å². The van der Waals surface area contributed by atoms with Crippen molar-refractivity contribution in [2.75, 3.05) is 20.0 Å². The van der Waals surface area contributed by atoms with Gasteiger partial charge in [-0.3, -0.25) is 0 Å². The molecule has 2 fully saturated rings. The van der Waals surface area contributed by atoms with Crippen LogP contribution < -0.4 is 0 Å². The molecule has 0 aliphatic carbocycles. The van der Waals surface area contributed by atoms with Crippen LogP contribution in [0.4, 0.5) is 0 Å². The fourth-order valence-corrected chi connectivity index (χ4v) is 1.98. The molecule has 3 nitrogen and oxygen atoms in total. The number of ether oxygens (including phenoxy) is 3. The van der Waals surface area contributed by atoms with Crippen molar-refractivity contribution in [3.8, 4) is 0 Å². The first kappa shape index (κ1) is 9.44. The van der Waals surface area contributed by atoms with Crippen LogP contribution in [0.1, 0.15) is 32.1 Å². The first-order chi connectivity index (χ1) is 6.45.